The molecule has 1 heterocycles. The van der Waals surface area contributed by atoms with Crippen molar-refractivity contribution in [2.75, 3.05) is 6.54 Å². The Morgan fingerprint density at radius 3 is 2.70 bits per heavy atom. The third-order valence-corrected chi connectivity index (χ3v) is 4.09. The molecule has 2 atom stereocenters. The molecule has 0 saturated carbocycles. The van der Waals surface area contributed by atoms with Crippen LogP contribution in [0.5, 0.6) is 0 Å². The summed E-state index contributed by atoms with van der Waals surface area (Å²) < 4.78 is 5.21. The summed E-state index contributed by atoms with van der Waals surface area (Å²) in [5, 5.41) is 9.32. The highest BCUT2D eigenvalue weighted by Crippen LogP contribution is 2.33. The third-order valence-electron chi connectivity index (χ3n) is 3.48. The molecule has 1 aliphatic rings. The van der Waals surface area contributed by atoms with Gasteiger partial charge in [-0.3, -0.25) is 4.90 Å². The molecule has 1 aromatic rings. The average Bonchev–Trinajstić information content (AvgIpc) is 2.74. The minimum atomic E-state index is -1.22. The second kappa shape index (κ2) is 5.83. The van der Waals surface area contributed by atoms with E-state index in [1.54, 1.807) is 6.92 Å². The van der Waals surface area contributed by atoms with Crippen LogP contribution in [0.25, 0.3) is 0 Å². The number of nitrogens with zero attached hydrogens (tertiary/aromatic N) is 1. The van der Waals surface area contributed by atoms with Crippen LogP contribution in [0, 0.1) is 0 Å². The Hall–Kier alpha value is -1.56. The molecule has 0 spiro atoms. The van der Waals surface area contributed by atoms with Crippen molar-refractivity contribution in [2.45, 2.75) is 30.3 Å². The molecule has 0 aliphatic carbocycles. The van der Waals surface area contributed by atoms with Crippen molar-refractivity contribution in [1.82, 2.24) is 4.90 Å². The molecule has 0 bridgehead atoms. The van der Waals surface area contributed by atoms with Gasteiger partial charge in [-0.15, -0.1) is 0 Å². The highest BCUT2D eigenvalue weighted by Gasteiger charge is 2.50. The van der Waals surface area contributed by atoms with E-state index in [2.05, 4.69) is 15.9 Å². The van der Waals surface area contributed by atoms with Gasteiger partial charge in [0.15, 0.2) is 0 Å². The van der Waals surface area contributed by atoms with Crippen LogP contribution < -0.4 is 0 Å². The fourth-order valence-electron chi connectivity index (χ4n) is 2.28. The molecule has 0 aromatic heterocycles. The standard InChI is InChI=1S/C14H16BrNO4/c1-14(12(17)18)7-11(15)8-16(14)13(19)20-9-10-5-3-2-4-6-10/h2-6,11H,7-9H2,1H3,(H,17,18)/t11-,14+/m0/s1. The molecule has 20 heavy (non-hydrogen) atoms. The van der Waals surface area contributed by atoms with E-state index < -0.39 is 17.6 Å². The highest BCUT2D eigenvalue weighted by molar-refractivity contribution is 9.09. The molecule has 1 aliphatic heterocycles. The summed E-state index contributed by atoms with van der Waals surface area (Å²) in [7, 11) is 0. The van der Waals surface area contributed by atoms with Crippen molar-refractivity contribution in [3.05, 3.63) is 35.9 Å². The Balaban J connectivity index is 2.03. The number of benzene rings is 1. The van der Waals surface area contributed by atoms with Crippen molar-refractivity contribution in [3.63, 3.8) is 0 Å². The lowest BCUT2D eigenvalue weighted by Crippen LogP contribution is -2.50. The molecular weight excluding hydrogens is 326 g/mol. The maximum atomic E-state index is 12.1. The Morgan fingerprint density at radius 2 is 2.10 bits per heavy atom. The van der Waals surface area contributed by atoms with Crippen LogP contribution >= 0.6 is 15.9 Å². The molecule has 0 unspecified atom stereocenters. The molecule has 0 radical (unpaired) electrons. The van der Waals surface area contributed by atoms with E-state index in [1.807, 2.05) is 30.3 Å². The van der Waals surface area contributed by atoms with Crippen LogP contribution in [0.15, 0.2) is 30.3 Å². The number of alkyl halides is 1. The lowest BCUT2D eigenvalue weighted by Gasteiger charge is -2.30. The van der Waals surface area contributed by atoms with Gasteiger partial charge in [-0.05, 0) is 18.9 Å². The van der Waals surface area contributed by atoms with Gasteiger partial charge in [0, 0.05) is 11.4 Å². The van der Waals surface area contributed by atoms with Crippen molar-refractivity contribution in [1.29, 1.82) is 0 Å². The summed E-state index contributed by atoms with van der Waals surface area (Å²) in [6.07, 6.45) is -0.233. The van der Waals surface area contributed by atoms with Crippen molar-refractivity contribution >= 4 is 28.0 Å². The SMILES string of the molecule is C[C@]1(C(=O)O)C[C@H](Br)CN1C(=O)OCc1ccccc1. The zero-order valence-corrected chi connectivity index (χ0v) is 12.7. The first-order valence-corrected chi connectivity index (χ1v) is 7.21. The number of rotatable bonds is 3. The van der Waals surface area contributed by atoms with Gasteiger partial charge in [-0.25, -0.2) is 9.59 Å². The largest absolute Gasteiger partial charge is 0.480 e. The smallest absolute Gasteiger partial charge is 0.411 e. The Bertz CT molecular complexity index is 507. The minimum absolute atomic E-state index is 0.0344. The van der Waals surface area contributed by atoms with Gasteiger partial charge < -0.3 is 9.84 Å². The van der Waals surface area contributed by atoms with E-state index in [1.165, 1.54) is 4.90 Å². The normalized spacial score (nSPS) is 25.5. The van der Waals surface area contributed by atoms with Crippen LogP contribution in [-0.4, -0.2) is 39.0 Å². The first-order chi connectivity index (χ1) is 9.43. The molecule has 108 valence electrons. The van der Waals surface area contributed by atoms with E-state index in [9.17, 15) is 14.7 Å². The first-order valence-electron chi connectivity index (χ1n) is 6.29. The minimum Gasteiger partial charge on any atom is -0.480 e. The molecular formula is C14H16BrNO4. The van der Waals surface area contributed by atoms with Crippen LogP contribution in [0.2, 0.25) is 0 Å². The molecule has 5 nitrogen and oxygen atoms in total. The van der Waals surface area contributed by atoms with E-state index in [0.29, 0.717) is 13.0 Å². The Labute approximate surface area is 125 Å². The molecule has 1 saturated heterocycles. The van der Waals surface area contributed by atoms with Gasteiger partial charge in [0.1, 0.15) is 12.1 Å². The van der Waals surface area contributed by atoms with Gasteiger partial charge in [-0.1, -0.05) is 46.3 Å². The van der Waals surface area contributed by atoms with E-state index in [0.717, 1.165) is 5.56 Å². The van der Waals surface area contributed by atoms with E-state index >= 15 is 0 Å². The summed E-state index contributed by atoms with van der Waals surface area (Å²) in [6, 6.07) is 9.29. The molecule has 2 rings (SSSR count). The zero-order chi connectivity index (χ0) is 14.8. The summed E-state index contributed by atoms with van der Waals surface area (Å²) in [5.74, 6) is -1.02. The number of ether oxygens (including phenoxy) is 1. The quantitative estimate of drug-likeness (QED) is 0.858. The van der Waals surface area contributed by atoms with Crippen LogP contribution in [0.1, 0.15) is 18.9 Å². The first kappa shape index (κ1) is 14.8. The van der Waals surface area contributed by atoms with Crippen molar-refractivity contribution in [2.24, 2.45) is 0 Å². The maximum absolute atomic E-state index is 12.1. The zero-order valence-electron chi connectivity index (χ0n) is 11.1. The number of carboxylic acids is 1. The average molecular weight is 342 g/mol. The number of carboxylic acid groups (broad SMARTS) is 1. The number of hydrogen-bond acceptors (Lipinski definition) is 3. The monoisotopic (exact) mass is 341 g/mol. The molecule has 1 N–H and O–H groups in total. The third kappa shape index (κ3) is 2.95. The fraction of sp³-hybridized carbons (Fsp3) is 0.429. The topological polar surface area (TPSA) is 66.8 Å². The van der Waals surface area contributed by atoms with E-state index in [4.69, 9.17) is 4.74 Å². The summed E-state index contributed by atoms with van der Waals surface area (Å²) in [4.78, 5) is 24.7. The lowest BCUT2D eigenvalue weighted by atomic mass is 10.00. The number of hydrogen-bond donors (Lipinski definition) is 1. The van der Waals surface area contributed by atoms with Crippen LogP contribution in [-0.2, 0) is 16.1 Å². The second-order valence-electron chi connectivity index (χ2n) is 5.03. The lowest BCUT2D eigenvalue weighted by molar-refractivity contribution is -0.147. The number of carbonyl (C=O) groups excluding carboxylic acids is 1. The van der Waals surface area contributed by atoms with Gasteiger partial charge in [0.05, 0.1) is 0 Å². The van der Waals surface area contributed by atoms with Crippen molar-refractivity contribution < 1.29 is 19.4 Å². The van der Waals surface area contributed by atoms with Gasteiger partial charge >= 0.3 is 12.1 Å². The summed E-state index contributed by atoms with van der Waals surface area (Å²) in [5.41, 5.74) is -0.352. The molecule has 1 aromatic carbocycles. The Kier molecular flexibility index (Phi) is 4.32. The predicted molar refractivity (Wildman–Crippen MR) is 76.7 cm³/mol. The number of halogens is 1. The predicted octanol–water partition coefficient (Wildman–Crippen LogP) is 2.64. The van der Waals surface area contributed by atoms with Gasteiger partial charge in [0.25, 0.3) is 0 Å². The molecule has 1 fully saturated rings. The van der Waals surface area contributed by atoms with Gasteiger partial charge in [-0.2, -0.15) is 0 Å². The second-order valence-corrected chi connectivity index (χ2v) is 6.33. The summed E-state index contributed by atoms with van der Waals surface area (Å²) in [6.45, 7) is 2.01. The molecule has 1 amide bonds. The number of carbonyl (C=O) groups is 2. The Morgan fingerprint density at radius 1 is 1.45 bits per heavy atom. The summed E-state index contributed by atoms with van der Waals surface area (Å²) >= 11 is 3.37. The highest BCUT2D eigenvalue weighted by atomic mass is 79.9. The number of amides is 1. The number of likely N-dealkylation sites (tertiary alicyclic amines) is 1. The number of aliphatic carboxylic acids is 1. The van der Waals surface area contributed by atoms with Crippen LogP contribution in [0.3, 0.4) is 0 Å². The fourth-order valence-corrected chi connectivity index (χ4v) is 3.20. The van der Waals surface area contributed by atoms with Gasteiger partial charge in [0.2, 0.25) is 0 Å². The van der Waals surface area contributed by atoms with E-state index in [-0.39, 0.29) is 11.4 Å². The maximum Gasteiger partial charge on any atom is 0.411 e. The van der Waals surface area contributed by atoms with Crippen LogP contribution in [0.4, 0.5) is 4.79 Å². The van der Waals surface area contributed by atoms with Crippen molar-refractivity contribution in [3.8, 4) is 0 Å². The molecule has 6 heteroatoms.